The molecule has 0 aliphatic rings. The molecule has 0 bridgehead atoms. The normalized spacial score (nSPS) is 11.9. The Morgan fingerprint density at radius 3 is 2.54 bits per heavy atom. The van der Waals surface area contributed by atoms with E-state index in [-0.39, 0.29) is 4.90 Å². The number of aromatic nitrogens is 2. The lowest BCUT2D eigenvalue weighted by molar-refractivity contribution is 0.584. The van der Waals surface area contributed by atoms with Gasteiger partial charge in [-0.05, 0) is 31.2 Å². The van der Waals surface area contributed by atoms with Crippen LogP contribution in [0.5, 0.6) is 0 Å². The molecule has 0 saturated carbocycles. The third-order valence-electron chi connectivity index (χ3n) is 3.61. The van der Waals surface area contributed by atoms with E-state index in [4.69, 9.17) is 0 Å². The molecule has 0 saturated heterocycles. The van der Waals surface area contributed by atoms with Gasteiger partial charge >= 0.3 is 0 Å². The number of hydrogen-bond acceptors (Lipinski definition) is 4. The van der Waals surface area contributed by atoms with Crippen LogP contribution in [0, 0.1) is 0 Å². The van der Waals surface area contributed by atoms with Crippen molar-refractivity contribution in [2.75, 3.05) is 12.3 Å². The van der Waals surface area contributed by atoms with E-state index in [0.717, 1.165) is 22.7 Å². The van der Waals surface area contributed by atoms with E-state index in [1.54, 1.807) is 42.1 Å². The largest absolute Gasteiger partial charge is 0.319 e. The van der Waals surface area contributed by atoms with Crippen LogP contribution in [0.4, 0.5) is 0 Å². The lowest BCUT2D eigenvalue weighted by Crippen LogP contribution is -2.26. The van der Waals surface area contributed by atoms with Gasteiger partial charge in [0.1, 0.15) is 0 Å². The highest BCUT2D eigenvalue weighted by atomic mass is 32.2. The minimum Gasteiger partial charge on any atom is -0.319 e. The van der Waals surface area contributed by atoms with Gasteiger partial charge in [-0.3, -0.25) is 0 Å². The fourth-order valence-corrected chi connectivity index (χ4v) is 4.59. The topological polar surface area (TPSA) is 64.0 Å². The summed E-state index contributed by atoms with van der Waals surface area (Å²) in [6, 6.07) is 16.4. The molecule has 2 aromatic carbocycles. The number of sulfonamides is 1. The molecule has 0 radical (unpaired) electrons. The second-order valence-corrected chi connectivity index (χ2v) is 8.02. The summed E-state index contributed by atoms with van der Waals surface area (Å²) in [5, 5.41) is 0.914. The van der Waals surface area contributed by atoms with Crippen LogP contribution < -0.4 is 4.72 Å². The number of thioether (sulfide) groups is 1. The number of fused-ring (bicyclic) bond motifs is 1. The molecule has 3 aromatic rings. The summed E-state index contributed by atoms with van der Waals surface area (Å²) < 4.78 is 29.1. The molecular formula is C17H19N3O2S2. The molecule has 0 aliphatic heterocycles. The van der Waals surface area contributed by atoms with Crippen molar-refractivity contribution in [1.29, 1.82) is 0 Å². The molecular weight excluding hydrogens is 342 g/mol. The monoisotopic (exact) mass is 361 g/mol. The summed E-state index contributed by atoms with van der Waals surface area (Å²) in [5.41, 5.74) is 2.07. The van der Waals surface area contributed by atoms with Gasteiger partial charge < -0.3 is 4.57 Å². The second-order valence-electron chi connectivity index (χ2n) is 5.19. The molecule has 126 valence electrons. The highest BCUT2D eigenvalue weighted by Crippen LogP contribution is 2.23. The fraction of sp³-hybridized carbons (Fsp3) is 0.235. The van der Waals surface area contributed by atoms with Gasteiger partial charge in [0.15, 0.2) is 5.16 Å². The summed E-state index contributed by atoms with van der Waals surface area (Å²) in [6.45, 7) is 3.27. The van der Waals surface area contributed by atoms with E-state index in [1.807, 2.05) is 24.3 Å². The number of imidazole rings is 1. The van der Waals surface area contributed by atoms with E-state index in [2.05, 4.69) is 21.2 Å². The lowest BCUT2D eigenvalue weighted by atomic mass is 10.3. The van der Waals surface area contributed by atoms with Gasteiger partial charge in [0.2, 0.25) is 10.0 Å². The molecule has 0 fully saturated rings. The minimum atomic E-state index is -3.45. The molecule has 0 unspecified atom stereocenters. The van der Waals surface area contributed by atoms with E-state index in [1.165, 1.54) is 0 Å². The van der Waals surface area contributed by atoms with Crippen LogP contribution in [-0.2, 0) is 16.6 Å². The van der Waals surface area contributed by atoms with Crippen molar-refractivity contribution < 1.29 is 8.42 Å². The molecule has 0 aliphatic carbocycles. The molecule has 0 spiro atoms. The van der Waals surface area contributed by atoms with E-state index < -0.39 is 10.0 Å². The van der Waals surface area contributed by atoms with Gasteiger partial charge in [-0.25, -0.2) is 18.1 Å². The van der Waals surface area contributed by atoms with E-state index in [0.29, 0.717) is 12.3 Å². The Morgan fingerprint density at radius 1 is 1.08 bits per heavy atom. The first-order chi connectivity index (χ1) is 11.6. The average molecular weight is 361 g/mol. The molecule has 0 atom stereocenters. The van der Waals surface area contributed by atoms with Crippen LogP contribution in [0.3, 0.4) is 0 Å². The van der Waals surface area contributed by atoms with Crippen molar-refractivity contribution in [1.82, 2.24) is 14.3 Å². The molecule has 1 aromatic heterocycles. The maximum atomic E-state index is 12.2. The Hall–Kier alpha value is -1.83. The van der Waals surface area contributed by atoms with Gasteiger partial charge in [0.25, 0.3) is 0 Å². The SMILES string of the molecule is CCn1c(SCCNS(=O)(=O)c2ccccc2)nc2ccccc21. The zero-order valence-corrected chi connectivity index (χ0v) is 15.0. The van der Waals surface area contributed by atoms with Crippen LogP contribution in [-0.4, -0.2) is 30.3 Å². The molecule has 24 heavy (non-hydrogen) atoms. The highest BCUT2D eigenvalue weighted by Gasteiger charge is 2.13. The second kappa shape index (κ2) is 7.38. The van der Waals surface area contributed by atoms with Crippen LogP contribution >= 0.6 is 11.8 Å². The first-order valence-corrected chi connectivity index (χ1v) is 10.2. The number of rotatable bonds is 7. The number of para-hydroxylation sites is 2. The molecule has 5 nitrogen and oxygen atoms in total. The Kier molecular flexibility index (Phi) is 5.23. The highest BCUT2D eigenvalue weighted by molar-refractivity contribution is 7.99. The van der Waals surface area contributed by atoms with Crippen molar-refractivity contribution in [2.45, 2.75) is 23.5 Å². The summed E-state index contributed by atoms with van der Waals surface area (Å²) in [5.74, 6) is 0.620. The molecule has 7 heteroatoms. The zero-order chi connectivity index (χ0) is 17.0. The predicted molar refractivity (Wildman–Crippen MR) is 97.8 cm³/mol. The number of hydrogen-bond donors (Lipinski definition) is 1. The Labute approximate surface area is 146 Å². The molecule has 1 heterocycles. The van der Waals surface area contributed by atoms with Crippen molar-refractivity contribution >= 4 is 32.8 Å². The first-order valence-electron chi connectivity index (χ1n) is 7.74. The summed E-state index contributed by atoms with van der Waals surface area (Å²) in [4.78, 5) is 4.91. The van der Waals surface area contributed by atoms with Crippen LogP contribution in [0.25, 0.3) is 11.0 Å². The van der Waals surface area contributed by atoms with Crippen LogP contribution in [0.15, 0.2) is 64.6 Å². The summed E-state index contributed by atoms with van der Waals surface area (Å²) in [6.07, 6.45) is 0. The van der Waals surface area contributed by atoms with Crippen LogP contribution in [0.2, 0.25) is 0 Å². The zero-order valence-electron chi connectivity index (χ0n) is 13.3. The van der Waals surface area contributed by atoms with Gasteiger partial charge in [0, 0.05) is 18.8 Å². The van der Waals surface area contributed by atoms with Crippen molar-refractivity contribution in [3.05, 3.63) is 54.6 Å². The molecule has 1 N–H and O–H groups in total. The Morgan fingerprint density at radius 2 is 1.79 bits per heavy atom. The number of aryl methyl sites for hydroxylation is 1. The van der Waals surface area contributed by atoms with Crippen molar-refractivity contribution in [2.24, 2.45) is 0 Å². The standard InChI is InChI=1S/C17H19N3O2S2/c1-2-20-16-11-7-6-10-15(16)19-17(20)23-13-12-18-24(21,22)14-8-4-3-5-9-14/h3-11,18H,2,12-13H2,1H3. The van der Waals surface area contributed by atoms with E-state index in [9.17, 15) is 8.42 Å². The van der Waals surface area contributed by atoms with Crippen LogP contribution in [0.1, 0.15) is 6.92 Å². The average Bonchev–Trinajstić information content (AvgIpc) is 2.97. The number of nitrogens with one attached hydrogen (secondary N) is 1. The van der Waals surface area contributed by atoms with Gasteiger partial charge in [-0.15, -0.1) is 0 Å². The summed E-state index contributed by atoms with van der Waals surface area (Å²) in [7, 11) is -3.45. The van der Waals surface area contributed by atoms with E-state index >= 15 is 0 Å². The van der Waals surface area contributed by atoms with Crippen molar-refractivity contribution in [3.8, 4) is 0 Å². The fourth-order valence-electron chi connectivity index (χ4n) is 2.47. The predicted octanol–water partition coefficient (Wildman–Crippen LogP) is 3.13. The number of benzene rings is 2. The first kappa shape index (κ1) is 17.0. The Balaban J connectivity index is 1.63. The smallest absolute Gasteiger partial charge is 0.240 e. The Bertz CT molecular complexity index is 921. The van der Waals surface area contributed by atoms with Gasteiger partial charge in [-0.2, -0.15) is 0 Å². The minimum absolute atomic E-state index is 0.288. The summed E-state index contributed by atoms with van der Waals surface area (Å²) >= 11 is 1.56. The maximum absolute atomic E-state index is 12.2. The maximum Gasteiger partial charge on any atom is 0.240 e. The van der Waals surface area contributed by atoms with Crippen molar-refractivity contribution in [3.63, 3.8) is 0 Å². The molecule has 0 amide bonds. The lowest BCUT2D eigenvalue weighted by Gasteiger charge is -2.07. The van der Waals surface area contributed by atoms with Gasteiger partial charge in [-0.1, -0.05) is 42.1 Å². The van der Waals surface area contributed by atoms with Gasteiger partial charge in [0.05, 0.1) is 15.9 Å². The third kappa shape index (κ3) is 3.63. The number of nitrogens with zero attached hydrogens (tertiary/aromatic N) is 2. The third-order valence-corrected chi connectivity index (χ3v) is 6.07. The molecule has 3 rings (SSSR count). The quantitative estimate of drug-likeness (QED) is 0.519.